The predicted molar refractivity (Wildman–Crippen MR) is 129 cm³/mol. The van der Waals surface area contributed by atoms with Crippen molar-refractivity contribution in [2.75, 3.05) is 0 Å². The van der Waals surface area contributed by atoms with Crippen LogP contribution >= 0.6 is 0 Å². The van der Waals surface area contributed by atoms with Crippen LogP contribution in [0.4, 0.5) is 30.7 Å². The molecule has 4 fully saturated rings. The van der Waals surface area contributed by atoms with E-state index >= 15 is 0 Å². The van der Waals surface area contributed by atoms with Gasteiger partial charge in [-0.25, -0.2) is 4.39 Å². The number of hydrogen-bond donors (Lipinski definition) is 1. The second kappa shape index (κ2) is 9.99. The van der Waals surface area contributed by atoms with Crippen LogP contribution < -0.4 is 0 Å². The van der Waals surface area contributed by atoms with Gasteiger partial charge in [-0.15, -0.1) is 0 Å². The maximum Gasteiger partial charge on any atom is 0.431 e. The van der Waals surface area contributed by atoms with Crippen molar-refractivity contribution in [2.24, 2.45) is 46.3 Å². The number of allylic oxidation sites excluding steroid dienone is 2. The molecule has 0 aromatic rings. The third-order valence-electron chi connectivity index (χ3n) is 11.7. The van der Waals surface area contributed by atoms with Crippen molar-refractivity contribution >= 4 is 0 Å². The number of rotatable bonds is 6. The Balaban J connectivity index is 1.36. The van der Waals surface area contributed by atoms with E-state index in [1.54, 1.807) is 0 Å². The molecule has 4 aliphatic carbocycles. The summed E-state index contributed by atoms with van der Waals surface area (Å²) in [4.78, 5) is 0. The second-order valence-corrected chi connectivity index (χ2v) is 13.3. The Kier molecular flexibility index (Phi) is 7.89. The van der Waals surface area contributed by atoms with Gasteiger partial charge < -0.3 is 5.11 Å². The lowest BCUT2D eigenvalue weighted by Crippen LogP contribution is -2.54. The molecule has 0 unspecified atom stereocenters. The van der Waals surface area contributed by atoms with E-state index in [9.17, 15) is 35.8 Å². The highest BCUT2D eigenvalue weighted by atomic mass is 19.4. The summed E-state index contributed by atoms with van der Waals surface area (Å²) in [5.74, 6) is 3.46. The van der Waals surface area contributed by atoms with E-state index in [0.717, 1.165) is 32.1 Å². The Morgan fingerprint density at radius 3 is 2.08 bits per heavy atom. The summed E-state index contributed by atoms with van der Waals surface area (Å²) in [6, 6.07) is 0. The van der Waals surface area contributed by atoms with Gasteiger partial charge in [-0.3, -0.25) is 0 Å². The second-order valence-electron chi connectivity index (χ2n) is 13.3. The van der Waals surface area contributed by atoms with Gasteiger partial charge in [0.05, 0.1) is 6.10 Å². The summed E-state index contributed by atoms with van der Waals surface area (Å²) in [6.45, 7) is 7.04. The van der Waals surface area contributed by atoms with E-state index in [-0.39, 0.29) is 11.5 Å². The summed E-state index contributed by atoms with van der Waals surface area (Å²) in [7, 11) is 0. The molecular formula is C29H43F7O. The third-order valence-corrected chi connectivity index (χ3v) is 11.7. The van der Waals surface area contributed by atoms with Crippen molar-refractivity contribution in [3.05, 3.63) is 12.2 Å². The number of halogens is 7. The smallest absolute Gasteiger partial charge is 0.393 e. The lowest BCUT2D eigenvalue weighted by molar-refractivity contribution is -0.340. The van der Waals surface area contributed by atoms with Crippen molar-refractivity contribution < 1.29 is 35.8 Å². The van der Waals surface area contributed by atoms with Crippen LogP contribution in [0.1, 0.15) is 97.8 Å². The van der Waals surface area contributed by atoms with Crippen LogP contribution in [0, 0.1) is 46.3 Å². The fourth-order valence-corrected chi connectivity index (χ4v) is 9.53. The first-order valence-electron chi connectivity index (χ1n) is 14.2. The van der Waals surface area contributed by atoms with E-state index < -0.39 is 24.4 Å². The van der Waals surface area contributed by atoms with Gasteiger partial charge in [0.2, 0.25) is 0 Å². The minimum Gasteiger partial charge on any atom is -0.393 e. The molecule has 4 saturated carbocycles. The van der Waals surface area contributed by atoms with Gasteiger partial charge in [0.1, 0.15) is 0 Å². The first kappa shape index (κ1) is 29.2. The van der Waals surface area contributed by atoms with Crippen LogP contribution in [0.15, 0.2) is 12.2 Å². The SMILES string of the molecule is C[C@H](CC/C=C/CC(F)(C(F)(F)F)C(F)(F)F)[C@H]1CC[C@H]2[C@@H]3CC[C@@H]4C[C@H](O)CC[C@]4(C)[C@H]3CC[C@]12C. The Hall–Kier alpha value is -0.790. The maximum atomic E-state index is 13.8. The molecule has 0 aliphatic heterocycles. The zero-order valence-electron chi connectivity index (χ0n) is 22.3. The highest BCUT2D eigenvalue weighted by Gasteiger charge is 2.71. The molecular weight excluding hydrogens is 497 g/mol. The first-order valence-corrected chi connectivity index (χ1v) is 14.2. The van der Waals surface area contributed by atoms with E-state index in [4.69, 9.17) is 0 Å². The summed E-state index contributed by atoms with van der Waals surface area (Å²) in [6.07, 6.45) is -0.838. The molecule has 0 amide bonds. The number of alkyl halides is 7. The number of aliphatic hydroxyl groups excluding tert-OH is 1. The minimum absolute atomic E-state index is 0.155. The molecule has 8 heteroatoms. The fourth-order valence-electron chi connectivity index (χ4n) is 9.53. The Morgan fingerprint density at radius 1 is 0.811 bits per heavy atom. The Bertz CT molecular complexity index is 821. The zero-order valence-corrected chi connectivity index (χ0v) is 22.3. The van der Waals surface area contributed by atoms with Crippen molar-refractivity contribution in [3.8, 4) is 0 Å². The fraction of sp³-hybridized carbons (Fsp3) is 0.931. The molecule has 0 bridgehead atoms. The van der Waals surface area contributed by atoms with Gasteiger partial charge in [-0.2, -0.15) is 26.3 Å². The molecule has 0 aromatic heterocycles. The van der Waals surface area contributed by atoms with Gasteiger partial charge in [-0.05, 0) is 117 Å². The molecule has 1 nitrogen and oxygen atoms in total. The van der Waals surface area contributed by atoms with Crippen LogP contribution in [-0.4, -0.2) is 29.2 Å². The van der Waals surface area contributed by atoms with Crippen LogP contribution in [0.3, 0.4) is 0 Å². The molecule has 0 radical (unpaired) electrons. The molecule has 0 heterocycles. The number of aliphatic hydroxyl groups is 1. The largest absolute Gasteiger partial charge is 0.431 e. The molecule has 9 atom stereocenters. The van der Waals surface area contributed by atoms with Gasteiger partial charge >= 0.3 is 18.0 Å². The topological polar surface area (TPSA) is 20.2 Å². The lowest BCUT2D eigenvalue weighted by atomic mass is 9.44. The van der Waals surface area contributed by atoms with E-state index in [2.05, 4.69) is 20.8 Å². The molecule has 0 saturated heterocycles. The lowest BCUT2D eigenvalue weighted by Gasteiger charge is -2.61. The van der Waals surface area contributed by atoms with Crippen LogP contribution in [0.2, 0.25) is 0 Å². The summed E-state index contributed by atoms with van der Waals surface area (Å²) < 4.78 is 90.4. The van der Waals surface area contributed by atoms with Crippen molar-refractivity contribution in [3.63, 3.8) is 0 Å². The number of hydrogen-bond acceptors (Lipinski definition) is 1. The molecule has 0 aromatic carbocycles. The molecule has 37 heavy (non-hydrogen) atoms. The van der Waals surface area contributed by atoms with Crippen molar-refractivity contribution in [2.45, 2.75) is 122 Å². The summed E-state index contributed by atoms with van der Waals surface area (Å²) >= 11 is 0. The zero-order chi connectivity index (χ0) is 27.4. The third kappa shape index (κ3) is 4.99. The minimum atomic E-state index is -6.00. The maximum absolute atomic E-state index is 13.8. The average Bonchev–Trinajstić information content (AvgIpc) is 3.15. The quantitative estimate of drug-likeness (QED) is 0.263. The molecule has 1 N–H and O–H groups in total. The van der Waals surface area contributed by atoms with Gasteiger partial charge in [0, 0.05) is 6.42 Å². The summed E-state index contributed by atoms with van der Waals surface area (Å²) in [5, 5.41) is 10.2. The van der Waals surface area contributed by atoms with Crippen LogP contribution in [0.25, 0.3) is 0 Å². The molecule has 4 aliphatic rings. The van der Waals surface area contributed by atoms with Crippen molar-refractivity contribution in [1.29, 1.82) is 0 Å². The van der Waals surface area contributed by atoms with Crippen LogP contribution in [-0.2, 0) is 0 Å². The Morgan fingerprint density at radius 2 is 1.43 bits per heavy atom. The first-order chi connectivity index (χ1) is 17.0. The highest BCUT2D eigenvalue weighted by molar-refractivity contribution is 5.10. The monoisotopic (exact) mass is 540 g/mol. The van der Waals surface area contributed by atoms with Crippen LogP contribution in [0.5, 0.6) is 0 Å². The normalized spacial score (nSPS) is 41.8. The van der Waals surface area contributed by atoms with Gasteiger partial charge in [0.25, 0.3) is 0 Å². The average molecular weight is 541 g/mol. The van der Waals surface area contributed by atoms with Crippen molar-refractivity contribution in [1.82, 2.24) is 0 Å². The Labute approximate surface area is 216 Å². The molecule has 4 rings (SSSR count). The van der Waals surface area contributed by atoms with E-state index in [0.29, 0.717) is 59.8 Å². The number of fused-ring (bicyclic) bond motifs is 5. The van der Waals surface area contributed by atoms with E-state index in [1.165, 1.54) is 31.8 Å². The summed E-state index contributed by atoms with van der Waals surface area (Å²) in [5.41, 5.74) is -4.68. The van der Waals surface area contributed by atoms with Gasteiger partial charge in [-0.1, -0.05) is 32.9 Å². The molecule has 0 spiro atoms. The molecule has 214 valence electrons. The predicted octanol–water partition coefficient (Wildman–Crippen LogP) is 9.20. The van der Waals surface area contributed by atoms with Gasteiger partial charge in [0.15, 0.2) is 0 Å². The van der Waals surface area contributed by atoms with E-state index in [1.807, 2.05) is 0 Å². The standard InChI is InChI=1S/C29H43F7O/c1-18(7-5-4-6-14-27(30,28(31,32)33)29(34,35)36)22-10-11-23-21-9-8-19-17-20(37)12-15-25(19,2)24(21)13-16-26(22,23)3/h4,6,18-24,37H,5,7-17H2,1-3H3/b6-4+/t18-,19-,20-,21+,22-,23+,24+,25+,26-/m1/s1. The highest BCUT2D eigenvalue weighted by Crippen LogP contribution is 2.68.